The molecule has 0 N–H and O–H groups in total. The average molecular weight is 216 g/mol. The minimum atomic E-state index is -3.58. The minimum Gasteiger partial charge on any atom is -0.377 e. The highest BCUT2D eigenvalue weighted by molar-refractivity contribution is 8.11. The van der Waals surface area contributed by atoms with E-state index in [0.29, 0.717) is 6.61 Å². The summed E-state index contributed by atoms with van der Waals surface area (Å²) in [6, 6.07) is 0. The van der Waals surface area contributed by atoms with Crippen LogP contribution in [-0.2, 0) is 14.0 Å². The average Bonchev–Trinajstić information content (AvgIpc) is 1.84. The van der Waals surface area contributed by atoms with Crippen molar-refractivity contribution < 1.29 is 13.2 Å². The van der Waals surface area contributed by atoms with Crippen molar-refractivity contribution in [1.82, 2.24) is 4.31 Å². The third-order valence-electron chi connectivity index (χ3n) is 1.23. The van der Waals surface area contributed by atoms with E-state index < -0.39 is 9.24 Å². The molecule has 12 heavy (non-hydrogen) atoms. The number of hydrogen-bond acceptors (Lipinski definition) is 3. The Kier molecular flexibility index (Phi) is 5.08. The maximum atomic E-state index is 10.6. The van der Waals surface area contributed by atoms with Crippen molar-refractivity contribution in [2.45, 2.75) is 20.0 Å². The fourth-order valence-electron chi connectivity index (χ4n) is 0.526. The molecule has 0 amide bonds. The molecule has 0 aromatic heterocycles. The second-order valence-corrected chi connectivity index (χ2v) is 5.30. The van der Waals surface area contributed by atoms with Gasteiger partial charge in [-0.3, -0.25) is 0 Å². The van der Waals surface area contributed by atoms with Gasteiger partial charge in [-0.2, -0.15) is 12.7 Å². The quantitative estimate of drug-likeness (QED) is 0.639. The lowest BCUT2D eigenvalue weighted by Gasteiger charge is -2.13. The Labute approximate surface area is 78.0 Å². The summed E-state index contributed by atoms with van der Waals surface area (Å²) in [5.41, 5.74) is 0. The Morgan fingerprint density at radius 3 is 2.33 bits per heavy atom. The molecule has 0 unspecified atom stereocenters. The molecule has 4 nitrogen and oxygen atoms in total. The highest BCUT2D eigenvalue weighted by atomic mass is 35.7. The molecule has 0 spiro atoms. The monoisotopic (exact) mass is 215 g/mol. The van der Waals surface area contributed by atoms with Gasteiger partial charge < -0.3 is 4.74 Å². The highest BCUT2D eigenvalue weighted by Crippen LogP contribution is 2.02. The molecule has 0 saturated carbocycles. The van der Waals surface area contributed by atoms with Crippen LogP contribution in [0.5, 0.6) is 0 Å². The molecule has 0 fully saturated rings. The molecule has 0 rings (SSSR count). The van der Waals surface area contributed by atoms with Crippen LogP contribution in [0, 0.1) is 0 Å². The summed E-state index contributed by atoms with van der Waals surface area (Å²) >= 11 is 0. The Hall–Kier alpha value is 0.160. The van der Waals surface area contributed by atoms with Gasteiger partial charge in [0.15, 0.2) is 0 Å². The Morgan fingerprint density at radius 1 is 1.50 bits per heavy atom. The van der Waals surface area contributed by atoms with Crippen LogP contribution in [0.3, 0.4) is 0 Å². The lowest BCUT2D eigenvalue weighted by atomic mass is 10.5. The summed E-state index contributed by atoms with van der Waals surface area (Å²) < 4.78 is 27.5. The topological polar surface area (TPSA) is 46.6 Å². The van der Waals surface area contributed by atoms with Crippen LogP contribution in [-0.4, -0.2) is 39.0 Å². The van der Waals surface area contributed by atoms with Crippen LogP contribution in [0.25, 0.3) is 0 Å². The van der Waals surface area contributed by atoms with Crippen molar-refractivity contribution in [1.29, 1.82) is 0 Å². The third kappa shape index (κ3) is 5.77. The zero-order valence-electron chi connectivity index (χ0n) is 7.45. The van der Waals surface area contributed by atoms with Gasteiger partial charge in [-0.05, 0) is 13.8 Å². The predicted molar refractivity (Wildman–Crippen MR) is 48.5 cm³/mol. The number of ether oxygens (including phenoxy) is 1. The van der Waals surface area contributed by atoms with Gasteiger partial charge in [0.25, 0.3) is 9.24 Å². The summed E-state index contributed by atoms with van der Waals surface area (Å²) in [6.07, 6.45) is 0.108. The van der Waals surface area contributed by atoms with Crippen LogP contribution in [0.4, 0.5) is 0 Å². The first-order valence-electron chi connectivity index (χ1n) is 3.61. The van der Waals surface area contributed by atoms with Gasteiger partial charge in [0, 0.05) is 24.3 Å². The summed E-state index contributed by atoms with van der Waals surface area (Å²) in [6.45, 7) is 4.41. The zero-order valence-corrected chi connectivity index (χ0v) is 9.02. The first kappa shape index (κ1) is 12.2. The predicted octanol–water partition coefficient (Wildman–Crippen LogP) is 0.827. The van der Waals surface area contributed by atoms with Gasteiger partial charge in [0.05, 0.1) is 12.7 Å². The maximum Gasteiger partial charge on any atom is 0.299 e. The molecule has 0 bridgehead atoms. The van der Waals surface area contributed by atoms with Crippen molar-refractivity contribution in [3.05, 3.63) is 0 Å². The molecule has 0 atom stereocenters. The summed E-state index contributed by atoms with van der Waals surface area (Å²) in [5, 5.41) is 0. The van der Waals surface area contributed by atoms with E-state index in [-0.39, 0.29) is 12.6 Å². The molecule has 0 radical (unpaired) electrons. The number of hydrogen-bond donors (Lipinski definition) is 0. The van der Waals surface area contributed by atoms with Crippen molar-refractivity contribution in [3.8, 4) is 0 Å². The van der Waals surface area contributed by atoms with Gasteiger partial charge in [-0.25, -0.2) is 0 Å². The molecule has 0 aliphatic carbocycles. The number of halogens is 1. The van der Waals surface area contributed by atoms with E-state index in [1.165, 1.54) is 7.05 Å². The van der Waals surface area contributed by atoms with E-state index in [2.05, 4.69) is 0 Å². The normalized spacial score (nSPS) is 12.8. The largest absolute Gasteiger partial charge is 0.377 e. The highest BCUT2D eigenvalue weighted by Gasteiger charge is 2.12. The van der Waals surface area contributed by atoms with Gasteiger partial charge in [0.1, 0.15) is 0 Å². The van der Waals surface area contributed by atoms with Crippen LogP contribution in [0.1, 0.15) is 13.8 Å². The first-order valence-corrected chi connectivity index (χ1v) is 5.88. The molecule has 0 aromatic carbocycles. The Morgan fingerprint density at radius 2 is 2.00 bits per heavy atom. The number of likely N-dealkylation sites (N-methyl/N-ethyl adjacent to an activating group) is 1. The second kappa shape index (κ2) is 5.01. The molecule has 0 saturated heterocycles. The molecule has 74 valence electrons. The van der Waals surface area contributed by atoms with Crippen molar-refractivity contribution >= 4 is 19.9 Å². The lowest BCUT2D eigenvalue weighted by Crippen LogP contribution is -2.27. The van der Waals surface area contributed by atoms with Gasteiger partial charge in [0.2, 0.25) is 0 Å². The lowest BCUT2D eigenvalue weighted by molar-refractivity contribution is 0.0739. The van der Waals surface area contributed by atoms with Crippen LogP contribution >= 0.6 is 10.7 Å². The SMILES string of the molecule is CC(C)OCCN(C)S(=O)(=O)Cl. The van der Waals surface area contributed by atoms with E-state index in [1.807, 2.05) is 13.8 Å². The molecular formula is C6H14ClNO3S. The van der Waals surface area contributed by atoms with Crippen LogP contribution in [0.15, 0.2) is 0 Å². The minimum absolute atomic E-state index is 0.108. The second-order valence-electron chi connectivity index (χ2n) is 2.68. The van der Waals surface area contributed by atoms with Crippen molar-refractivity contribution in [2.75, 3.05) is 20.2 Å². The molecular weight excluding hydrogens is 202 g/mol. The number of nitrogens with zero attached hydrogens (tertiary/aromatic N) is 1. The van der Waals surface area contributed by atoms with E-state index in [1.54, 1.807) is 0 Å². The van der Waals surface area contributed by atoms with Crippen LogP contribution in [0.2, 0.25) is 0 Å². The van der Waals surface area contributed by atoms with Gasteiger partial charge in [-0.1, -0.05) is 0 Å². The molecule has 0 heterocycles. The molecule has 0 aromatic rings. The molecule has 6 heteroatoms. The molecule has 0 aliphatic heterocycles. The standard InChI is InChI=1S/C6H14ClNO3S/c1-6(2)11-5-4-8(3)12(7,9)10/h6H,4-5H2,1-3H3. The first-order chi connectivity index (χ1) is 5.34. The smallest absolute Gasteiger partial charge is 0.299 e. The van der Waals surface area contributed by atoms with Crippen molar-refractivity contribution in [2.24, 2.45) is 0 Å². The van der Waals surface area contributed by atoms with E-state index in [9.17, 15) is 8.42 Å². The van der Waals surface area contributed by atoms with E-state index in [4.69, 9.17) is 15.4 Å². The fourth-order valence-corrected chi connectivity index (χ4v) is 1.03. The van der Waals surface area contributed by atoms with E-state index >= 15 is 0 Å². The fraction of sp³-hybridized carbons (Fsp3) is 1.00. The Balaban J connectivity index is 3.66. The summed E-state index contributed by atoms with van der Waals surface area (Å²) in [5.74, 6) is 0. The third-order valence-corrected chi connectivity index (χ3v) is 2.86. The zero-order chi connectivity index (χ0) is 9.78. The van der Waals surface area contributed by atoms with Gasteiger partial charge in [-0.15, -0.1) is 0 Å². The summed E-state index contributed by atoms with van der Waals surface area (Å²) in [7, 11) is 2.88. The van der Waals surface area contributed by atoms with Gasteiger partial charge >= 0.3 is 0 Å². The number of rotatable bonds is 5. The van der Waals surface area contributed by atoms with Crippen LogP contribution < -0.4 is 0 Å². The van der Waals surface area contributed by atoms with E-state index in [0.717, 1.165) is 4.31 Å². The summed E-state index contributed by atoms with van der Waals surface area (Å²) in [4.78, 5) is 0. The Bertz CT molecular complexity index is 215. The molecule has 0 aliphatic rings. The van der Waals surface area contributed by atoms with Crippen molar-refractivity contribution in [3.63, 3.8) is 0 Å². The maximum absolute atomic E-state index is 10.6.